The highest BCUT2D eigenvalue weighted by atomic mass is 32.2. The standard InChI is InChI=1S/C21H19FN4O2S/c1-13(2)26-20(18-11-14-7-3-6-10-17(14)28-18)24-25-21(26)29-12-19(27)23-16-9-5-4-8-15(16)22/h3-11,13H,12H2,1-2H3,(H,23,27). The Morgan fingerprint density at radius 1 is 1.17 bits per heavy atom. The Morgan fingerprint density at radius 3 is 2.69 bits per heavy atom. The second-order valence-electron chi connectivity index (χ2n) is 6.74. The number of fused-ring (bicyclic) bond motifs is 1. The molecule has 29 heavy (non-hydrogen) atoms. The summed E-state index contributed by atoms with van der Waals surface area (Å²) in [6, 6.07) is 15.8. The van der Waals surface area contributed by atoms with Crippen molar-refractivity contribution in [3.05, 3.63) is 60.4 Å². The SMILES string of the molecule is CC(C)n1c(SCC(=O)Nc2ccccc2F)nnc1-c1cc2ccccc2o1. The molecule has 1 amide bonds. The molecule has 1 N–H and O–H groups in total. The second kappa shape index (κ2) is 8.08. The fourth-order valence-electron chi connectivity index (χ4n) is 2.98. The average molecular weight is 410 g/mol. The van der Waals surface area contributed by atoms with Crippen molar-refractivity contribution < 1.29 is 13.6 Å². The lowest BCUT2D eigenvalue weighted by molar-refractivity contribution is -0.113. The van der Waals surface area contributed by atoms with E-state index in [4.69, 9.17) is 4.42 Å². The van der Waals surface area contributed by atoms with Gasteiger partial charge in [0.2, 0.25) is 11.7 Å². The minimum atomic E-state index is -0.469. The first-order valence-corrected chi connectivity index (χ1v) is 10.1. The number of nitrogens with zero attached hydrogens (tertiary/aromatic N) is 3. The molecule has 0 aliphatic heterocycles. The molecule has 6 nitrogen and oxygen atoms in total. The van der Waals surface area contributed by atoms with Crippen molar-refractivity contribution in [1.82, 2.24) is 14.8 Å². The molecule has 0 atom stereocenters. The molecule has 2 heterocycles. The zero-order valence-corrected chi connectivity index (χ0v) is 16.7. The zero-order valence-electron chi connectivity index (χ0n) is 15.9. The number of hydrogen-bond donors (Lipinski definition) is 1. The van der Waals surface area contributed by atoms with Gasteiger partial charge in [0.05, 0.1) is 11.4 Å². The van der Waals surface area contributed by atoms with Crippen LogP contribution in [0, 0.1) is 5.82 Å². The first kappa shape index (κ1) is 19.2. The van der Waals surface area contributed by atoms with Gasteiger partial charge in [0.15, 0.2) is 10.9 Å². The van der Waals surface area contributed by atoms with Crippen LogP contribution in [0.25, 0.3) is 22.6 Å². The minimum absolute atomic E-state index is 0.0605. The summed E-state index contributed by atoms with van der Waals surface area (Å²) < 4.78 is 21.6. The lowest BCUT2D eigenvalue weighted by Gasteiger charge is -2.12. The van der Waals surface area contributed by atoms with E-state index in [-0.39, 0.29) is 23.4 Å². The number of carbonyl (C=O) groups excluding carboxylic acids is 1. The maximum atomic E-state index is 13.7. The van der Waals surface area contributed by atoms with Gasteiger partial charge in [-0.25, -0.2) is 4.39 Å². The fraction of sp³-hybridized carbons (Fsp3) is 0.190. The van der Waals surface area contributed by atoms with Gasteiger partial charge in [-0.05, 0) is 38.1 Å². The Kier molecular flexibility index (Phi) is 5.35. The highest BCUT2D eigenvalue weighted by molar-refractivity contribution is 7.99. The first-order valence-electron chi connectivity index (χ1n) is 9.14. The van der Waals surface area contributed by atoms with Crippen LogP contribution in [0.4, 0.5) is 10.1 Å². The van der Waals surface area contributed by atoms with Crippen LogP contribution < -0.4 is 5.32 Å². The molecule has 0 saturated carbocycles. The van der Waals surface area contributed by atoms with E-state index in [0.717, 1.165) is 11.0 Å². The number of aromatic nitrogens is 3. The fourth-order valence-corrected chi connectivity index (χ4v) is 3.85. The monoisotopic (exact) mass is 410 g/mol. The molecular weight excluding hydrogens is 391 g/mol. The number of hydrogen-bond acceptors (Lipinski definition) is 5. The lowest BCUT2D eigenvalue weighted by atomic mass is 10.2. The summed E-state index contributed by atoms with van der Waals surface area (Å²) in [5.74, 6) is 0.523. The first-order chi connectivity index (χ1) is 14.0. The van der Waals surface area contributed by atoms with E-state index in [0.29, 0.717) is 16.7 Å². The Bertz CT molecular complexity index is 1140. The number of amides is 1. The number of benzene rings is 2. The van der Waals surface area contributed by atoms with E-state index in [9.17, 15) is 9.18 Å². The number of carbonyl (C=O) groups is 1. The Hall–Kier alpha value is -3.13. The van der Waals surface area contributed by atoms with Gasteiger partial charge in [-0.1, -0.05) is 42.1 Å². The summed E-state index contributed by atoms with van der Waals surface area (Å²) in [4.78, 5) is 12.2. The maximum Gasteiger partial charge on any atom is 0.234 e. The minimum Gasteiger partial charge on any atom is -0.453 e. The second-order valence-corrected chi connectivity index (χ2v) is 7.68. The van der Waals surface area contributed by atoms with Crippen LogP contribution in [0.2, 0.25) is 0 Å². The molecule has 148 valence electrons. The highest BCUT2D eigenvalue weighted by Crippen LogP contribution is 2.31. The number of furan rings is 1. The molecule has 0 radical (unpaired) electrons. The van der Waals surface area contributed by atoms with Crippen molar-refractivity contribution >= 4 is 34.3 Å². The van der Waals surface area contributed by atoms with Crippen LogP contribution in [0.5, 0.6) is 0 Å². The summed E-state index contributed by atoms with van der Waals surface area (Å²) in [7, 11) is 0. The summed E-state index contributed by atoms with van der Waals surface area (Å²) in [5.41, 5.74) is 0.936. The predicted octanol–water partition coefficient (Wildman–Crippen LogP) is 5.14. The normalized spacial score (nSPS) is 11.3. The highest BCUT2D eigenvalue weighted by Gasteiger charge is 2.20. The summed E-state index contributed by atoms with van der Waals surface area (Å²) in [6.45, 7) is 4.03. The van der Waals surface area contributed by atoms with Gasteiger partial charge in [0.1, 0.15) is 11.4 Å². The molecule has 0 unspecified atom stereocenters. The third kappa shape index (κ3) is 4.02. The van der Waals surface area contributed by atoms with E-state index in [2.05, 4.69) is 15.5 Å². The molecule has 0 fully saturated rings. The maximum absolute atomic E-state index is 13.7. The quantitative estimate of drug-likeness (QED) is 0.446. The van der Waals surface area contributed by atoms with E-state index >= 15 is 0 Å². The molecule has 0 bridgehead atoms. The molecule has 8 heteroatoms. The van der Waals surface area contributed by atoms with Gasteiger partial charge in [-0.15, -0.1) is 10.2 Å². The Balaban J connectivity index is 1.54. The molecule has 2 aromatic carbocycles. The van der Waals surface area contributed by atoms with E-state index in [1.165, 1.54) is 23.9 Å². The summed E-state index contributed by atoms with van der Waals surface area (Å²) in [6.07, 6.45) is 0. The van der Waals surface area contributed by atoms with Crippen LogP contribution in [0.15, 0.2) is 64.2 Å². The van der Waals surface area contributed by atoms with Crippen molar-refractivity contribution in [3.63, 3.8) is 0 Å². The smallest absolute Gasteiger partial charge is 0.234 e. The topological polar surface area (TPSA) is 73.0 Å². The van der Waals surface area contributed by atoms with Crippen molar-refractivity contribution in [1.29, 1.82) is 0 Å². The third-order valence-electron chi connectivity index (χ3n) is 4.31. The molecule has 0 spiro atoms. The van der Waals surface area contributed by atoms with Crippen LogP contribution in [-0.4, -0.2) is 26.4 Å². The van der Waals surface area contributed by atoms with Gasteiger partial charge >= 0.3 is 0 Å². The summed E-state index contributed by atoms with van der Waals surface area (Å²) in [5, 5.41) is 12.7. The Labute approximate surface area is 171 Å². The molecule has 4 rings (SSSR count). The molecule has 0 saturated heterocycles. The average Bonchev–Trinajstić information content (AvgIpc) is 3.32. The van der Waals surface area contributed by atoms with Gasteiger partial charge in [0, 0.05) is 11.4 Å². The van der Waals surface area contributed by atoms with Crippen molar-refractivity contribution in [2.24, 2.45) is 0 Å². The molecular formula is C21H19FN4O2S. The number of thioether (sulfide) groups is 1. The Morgan fingerprint density at radius 2 is 1.93 bits per heavy atom. The van der Waals surface area contributed by atoms with Crippen LogP contribution in [-0.2, 0) is 4.79 Å². The van der Waals surface area contributed by atoms with Gasteiger partial charge in [0.25, 0.3) is 0 Å². The van der Waals surface area contributed by atoms with Crippen molar-refractivity contribution in [2.75, 3.05) is 11.1 Å². The van der Waals surface area contributed by atoms with Gasteiger partial charge < -0.3 is 9.73 Å². The number of anilines is 1. The number of rotatable bonds is 6. The number of nitrogens with one attached hydrogen (secondary N) is 1. The van der Waals surface area contributed by atoms with Crippen LogP contribution in [0.1, 0.15) is 19.9 Å². The zero-order chi connectivity index (χ0) is 20.4. The predicted molar refractivity (Wildman–Crippen MR) is 111 cm³/mol. The van der Waals surface area contributed by atoms with E-state index in [1.807, 2.05) is 48.7 Å². The molecule has 0 aliphatic rings. The van der Waals surface area contributed by atoms with Gasteiger partial charge in [-0.3, -0.25) is 9.36 Å². The van der Waals surface area contributed by atoms with Crippen molar-refractivity contribution in [3.8, 4) is 11.6 Å². The van der Waals surface area contributed by atoms with Crippen LogP contribution in [0.3, 0.4) is 0 Å². The molecule has 4 aromatic rings. The molecule has 2 aromatic heterocycles. The molecule has 0 aliphatic carbocycles. The summed E-state index contributed by atoms with van der Waals surface area (Å²) >= 11 is 1.24. The van der Waals surface area contributed by atoms with E-state index < -0.39 is 5.82 Å². The number of halogens is 1. The largest absolute Gasteiger partial charge is 0.453 e. The van der Waals surface area contributed by atoms with E-state index in [1.54, 1.807) is 12.1 Å². The third-order valence-corrected chi connectivity index (χ3v) is 5.25. The van der Waals surface area contributed by atoms with Gasteiger partial charge in [-0.2, -0.15) is 0 Å². The van der Waals surface area contributed by atoms with Crippen LogP contribution >= 0.6 is 11.8 Å². The lowest BCUT2D eigenvalue weighted by Crippen LogP contribution is -2.15. The number of para-hydroxylation sites is 2. The van der Waals surface area contributed by atoms with Crippen molar-refractivity contribution in [2.45, 2.75) is 25.0 Å².